The van der Waals surface area contributed by atoms with Crippen LogP contribution >= 0.6 is 0 Å². The van der Waals surface area contributed by atoms with Gasteiger partial charge in [0.15, 0.2) is 0 Å². The fourth-order valence-corrected chi connectivity index (χ4v) is 3.69. The summed E-state index contributed by atoms with van der Waals surface area (Å²) < 4.78 is 26.7. The predicted molar refractivity (Wildman–Crippen MR) is 98.2 cm³/mol. The van der Waals surface area contributed by atoms with Crippen LogP contribution in [0.5, 0.6) is 0 Å². The van der Waals surface area contributed by atoms with Crippen LogP contribution in [0.25, 0.3) is 11.6 Å². The van der Waals surface area contributed by atoms with Gasteiger partial charge in [-0.25, -0.2) is 18.7 Å². The predicted octanol–water partition coefficient (Wildman–Crippen LogP) is 4.59. The largest absolute Gasteiger partial charge is 0.383 e. The highest BCUT2D eigenvalue weighted by atomic mass is 19.1. The highest BCUT2D eigenvalue weighted by Gasteiger charge is 2.38. The first kappa shape index (κ1) is 16.4. The molecular weight excluding hydrogens is 332 g/mol. The van der Waals surface area contributed by atoms with Crippen LogP contribution in [0.15, 0.2) is 54.9 Å². The van der Waals surface area contributed by atoms with Crippen molar-refractivity contribution in [2.75, 3.05) is 5.73 Å². The molecule has 1 atom stereocenters. The van der Waals surface area contributed by atoms with Gasteiger partial charge in [-0.15, -0.1) is 0 Å². The van der Waals surface area contributed by atoms with E-state index in [4.69, 9.17) is 5.73 Å². The zero-order chi connectivity index (χ0) is 18.3. The number of hydrogen-bond donors (Lipinski definition) is 1. The highest BCUT2D eigenvalue weighted by molar-refractivity contribution is 5.87. The number of rotatable bonds is 2. The van der Waals surface area contributed by atoms with Gasteiger partial charge >= 0.3 is 0 Å². The topological polar surface area (TPSA) is 51.8 Å². The summed E-state index contributed by atoms with van der Waals surface area (Å²) in [7, 11) is 0. The summed E-state index contributed by atoms with van der Waals surface area (Å²) in [6.45, 7) is 2.05. The molecule has 1 aliphatic rings. The van der Waals surface area contributed by atoms with Crippen molar-refractivity contribution in [2.24, 2.45) is 0 Å². The van der Waals surface area contributed by atoms with Crippen LogP contribution in [0.4, 0.5) is 14.6 Å². The monoisotopic (exact) mass is 349 g/mol. The minimum atomic E-state index is -0.521. The molecule has 0 saturated carbocycles. The number of aromatic nitrogens is 2. The maximum absolute atomic E-state index is 13.4. The summed E-state index contributed by atoms with van der Waals surface area (Å²) in [4.78, 5) is 8.55. The minimum absolute atomic E-state index is 0.279. The summed E-state index contributed by atoms with van der Waals surface area (Å²) in [6.07, 6.45) is 4.02. The first-order chi connectivity index (χ1) is 12.5. The normalized spacial score (nSPS) is 19.0. The van der Waals surface area contributed by atoms with Gasteiger partial charge in [0.05, 0.1) is 5.69 Å². The van der Waals surface area contributed by atoms with Crippen LogP contribution in [0.1, 0.15) is 35.7 Å². The van der Waals surface area contributed by atoms with Crippen LogP contribution in [0.3, 0.4) is 0 Å². The first-order valence-electron chi connectivity index (χ1n) is 8.31. The lowest BCUT2D eigenvalue weighted by Gasteiger charge is -2.36. The maximum atomic E-state index is 13.4. The summed E-state index contributed by atoms with van der Waals surface area (Å²) >= 11 is 0. The first-order valence-corrected chi connectivity index (χ1v) is 8.31. The Bertz CT molecular complexity index is 995. The molecule has 1 aromatic heterocycles. The van der Waals surface area contributed by atoms with Crippen molar-refractivity contribution in [2.45, 2.75) is 18.8 Å². The van der Waals surface area contributed by atoms with Crippen molar-refractivity contribution >= 4 is 17.5 Å². The SMILES string of the molecule is CC1(c2ccc(F)cc2)CC(c2ccc(F)cc2)=Cc2ncnc(N)c21. The molecule has 3 nitrogen and oxygen atoms in total. The van der Waals surface area contributed by atoms with Gasteiger partial charge in [0.1, 0.15) is 23.8 Å². The van der Waals surface area contributed by atoms with Gasteiger partial charge in [-0.2, -0.15) is 0 Å². The van der Waals surface area contributed by atoms with Crippen LogP contribution < -0.4 is 5.73 Å². The van der Waals surface area contributed by atoms with Gasteiger partial charge < -0.3 is 5.73 Å². The standard InChI is InChI=1S/C21H17F2N3/c1-21(15-4-8-17(23)9-5-15)11-14(13-2-6-16(22)7-3-13)10-18-19(21)20(24)26-12-25-18/h2-10,12H,11H2,1H3,(H2,24,25,26). The Morgan fingerprint density at radius 1 is 0.923 bits per heavy atom. The highest BCUT2D eigenvalue weighted by Crippen LogP contribution is 2.47. The third kappa shape index (κ3) is 2.65. The van der Waals surface area contributed by atoms with E-state index >= 15 is 0 Å². The molecule has 2 N–H and O–H groups in total. The van der Waals surface area contributed by atoms with Crippen LogP contribution in [-0.2, 0) is 5.41 Å². The number of nitrogens with zero attached hydrogens (tertiary/aromatic N) is 2. The molecule has 0 aliphatic heterocycles. The lowest BCUT2D eigenvalue weighted by molar-refractivity contribution is 0.573. The smallest absolute Gasteiger partial charge is 0.131 e. The fourth-order valence-electron chi connectivity index (χ4n) is 3.69. The maximum Gasteiger partial charge on any atom is 0.131 e. The third-order valence-electron chi connectivity index (χ3n) is 5.01. The van der Waals surface area contributed by atoms with Crippen LogP contribution in [0, 0.1) is 11.6 Å². The van der Waals surface area contributed by atoms with Gasteiger partial charge in [0, 0.05) is 11.0 Å². The van der Waals surface area contributed by atoms with Crippen LogP contribution in [-0.4, -0.2) is 9.97 Å². The molecule has 0 saturated heterocycles. The van der Waals surface area contributed by atoms with Gasteiger partial charge in [-0.3, -0.25) is 0 Å². The van der Waals surface area contributed by atoms with Crippen molar-refractivity contribution in [1.82, 2.24) is 9.97 Å². The van der Waals surface area contributed by atoms with Gasteiger partial charge in [-0.05, 0) is 53.5 Å². The van der Waals surface area contributed by atoms with E-state index < -0.39 is 5.41 Å². The van der Waals surface area contributed by atoms with Crippen molar-refractivity contribution in [1.29, 1.82) is 0 Å². The molecule has 26 heavy (non-hydrogen) atoms. The van der Waals surface area contributed by atoms with Gasteiger partial charge in [0.25, 0.3) is 0 Å². The Kier molecular flexibility index (Phi) is 3.80. The number of nitrogens with two attached hydrogens (primary N) is 1. The second kappa shape index (κ2) is 6.02. The number of nitrogen functional groups attached to an aromatic ring is 1. The second-order valence-corrected chi connectivity index (χ2v) is 6.71. The lowest BCUT2D eigenvalue weighted by Crippen LogP contribution is -2.30. The van der Waals surface area contributed by atoms with E-state index in [0.717, 1.165) is 28.0 Å². The van der Waals surface area contributed by atoms with Crippen molar-refractivity contribution in [3.05, 3.63) is 88.9 Å². The molecule has 3 aromatic rings. The molecular formula is C21H17F2N3. The molecule has 0 fully saturated rings. The zero-order valence-corrected chi connectivity index (χ0v) is 14.2. The summed E-state index contributed by atoms with van der Waals surface area (Å²) in [5.74, 6) is -0.158. The van der Waals surface area contributed by atoms with E-state index in [1.54, 1.807) is 24.3 Å². The second-order valence-electron chi connectivity index (χ2n) is 6.71. The molecule has 2 aromatic carbocycles. The van der Waals surface area contributed by atoms with E-state index in [1.165, 1.54) is 30.6 Å². The average molecular weight is 349 g/mol. The van der Waals surface area contributed by atoms with Gasteiger partial charge in [0.2, 0.25) is 0 Å². The number of halogens is 2. The van der Waals surface area contributed by atoms with E-state index in [1.807, 2.05) is 6.08 Å². The van der Waals surface area contributed by atoms with E-state index in [9.17, 15) is 8.78 Å². The summed E-state index contributed by atoms with van der Waals surface area (Å²) in [5, 5.41) is 0. The molecule has 0 radical (unpaired) electrons. The molecule has 130 valence electrons. The van der Waals surface area contributed by atoms with Gasteiger partial charge in [-0.1, -0.05) is 31.2 Å². The van der Waals surface area contributed by atoms with Crippen LogP contribution in [0.2, 0.25) is 0 Å². The van der Waals surface area contributed by atoms with E-state index in [-0.39, 0.29) is 11.6 Å². The van der Waals surface area contributed by atoms with Crippen molar-refractivity contribution in [3.63, 3.8) is 0 Å². The van der Waals surface area contributed by atoms with Crippen molar-refractivity contribution in [3.8, 4) is 0 Å². The number of allylic oxidation sites excluding steroid dienone is 1. The number of hydrogen-bond acceptors (Lipinski definition) is 3. The van der Waals surface area contributed by atoms with Crippen molar-refractivity contribution < 1.29 is 8.78 Å². The number of benzene rings is 2. The quantitative estimate of drug-likeness (QED) is 0.736. The molecule has 1 aliphatic carbocycles. The molecule has 4 rings (SSSR count). The number of anilines is 1. The van der Waals surface area contributed by atoms with E-state index in [0.29, 0.717) is 12.2 Å². The molecule has 0 bridgehead atoms. The molecule has 1 unspecified atom stereocenters. The Hall–Kier alpha value is -3.08. The minimum Gasteiger partial charge on any atom is -0.383 e. The summed E-state index contributed by atoms with van der Waals surface area (Å²) in [6, 6.07) is 12.8. The Morgan fingerprint density at radius 2 is 1.54 bits per heavy atom. The third-order valence-corrected chi connectivity index (χ3v) is 5.01. The molecule has 0 amide bonds. The lowest BCUT2D eigenvalue weighted by atomic mass is 9.67. The Balaban J connectivity index is 1.92. The number of fused-ring (bicyclic) bond motifs is 1. The Labute approximate surface area is 150 Å². The molecule has 5 heteroatoms. The zero-order valence-electron chi connectivity index (χ0n) is 14.2. The molecule has 1 heterocycles. The molecule has 0 spiro atoms. The Morgan fingerprint density at radius 3 is 2.19 bits per heavy atom. The van der Waals surface area contributed by atoms with E-state index in [2.05, 4.69) is 16.9 Å². The average Bonchev–Trinajstić information content (AvgIpc) is 2.62. The summed E-state index contributed by atoms with van der Waals surface area (Å²) in [5.41, 5.74) is 10.1. The fraction of sp³-hybridized carbons (Fsp3) is 0.143.